The molecule has 3 N–H and O–H groups in total. The van der Waals surface area contributed by atoms with Crippen molar-refractivity contribution >= 4 is 16.8 Å². The zero-order valence-corrected chi connectivity index (χ0v) is 21.3. The Morgan fingerprint density at radius 2 is 1.56 bits per heavy atom. The van der Waals surface area contributed by atoms with Gasteiger partial charge in [-0.3, -0.25) is 4.40 Å². The number of aryl methyl sites for hydroxylation is 1. The van der Waals surface area contributed by atoms with Gasteiger partial charge in [-0.15, -0.1) is 10.2 Å². The minimum Gasteiger partial charge on any atom is -0.390 e. The van der Waals surface area contributed by atoms with Gasteiger partial charge in [-0.25, -0.2) is 9.97 Å². The minimum atomic E-state index is -4.31. The highest BCUT2D eigenvalue weighted by Gasteiger charge is 2.51. The van der Waals surface area contributed by atoms with Crippen molar-refractivity contribution in [3.05, 3.63) is 78.1 Å². The van der Waals surface area contributed by atoms with Gasteiger partial charge in [0.1, 0.15) is 11.3 Å². The summed E-state index contributed by atoms with van der Waals surface area (Å²) in [7, 11) is 0. The molecule has 7 nitrogen and oxygen atoms in total. The van der Waals surface area contributed by atoms with Gasteiger partial charge < -0.3 is 10.8 Å². The lowest BCUT2D eigenvalue weighted by molar-refractivity contribution is -0.134. The van der Waals surface area contributed by atoms with E-state index in [1.54, 1.807) is 16.5 Å². The van der Waals surface area contributed by atoms with Crippen LogP contribution in [0.2, 0.25) is 0 Å². The SMILES string of the molecule is CCC1(O)CC(N)(c2ccc(-c3nc4ccc5nnc(CCC(F)(F)F)n5c4nc3-c3ccccc3)cc2)C1. The van der Waals surface area contributed by atoms with Gasteiger partial charge in [0.2, 0.25) is 0 Å². The van der Waals surface area contributed by atoms with Gasteiger partial charge in [-0.2, -0.15) is 13.2 Å². The van der Waals surface area contributed by atoms with Gasteiger partial charge in [0, 0.05) is 23.1 Å². The normalized spacial score (nSPS) is 21.4. The second-order valence-corrected chi connectivity index (χ2v) is 10.4. The van der Waals surface area contributed by atoms with Gasteiger partial charge in [0.05, 0.1) is 23.4 Å². The molecule has 1 aliphatic rings. The number of rotatable bonds is 6. The largest absolute Gasteiger partial charge is 0.390 e. The van der Waals surface area contributed by atoms with Crippen LogP contribution in [0, 0.1) is 0 Å². The standard InChI is InChI=1S/C29H27F3N6O/c1-2-27(39)16-28(33,17-27)20-10-8-19(9-11-20)24-25(18-6-4-3-5-7-18)35-26-21(34-24)12-13-22-36-37-23(38(22)26)14-15-29(30,31)32/h3-13,39H,2,14-17,33H2,1H3. The first-order valence-electron chi connectivity index (χ1n) is 12.9. The smallest absolute Gasteiger partial charge is 0.389 e. The number of benzene rings is 2. The zero-order valence-electron chi connectivity index (χ0n) is 21.3. The molecule has 0 spiro atoms. The number of pyridine rings is 1. The Hall–Kier alpha value is -3.89. The summed E-state index contributed by atoms with van der Waals surface area (Å²) < 4.78 is 40.5. The Bertz CT molecular complexity index is 1660. The van der Waals surface area contributed by atoms with Crippen LogP contribution in [0.1, 0.15) is 44.0 Å². The number of hydrogen-bond acceptors (Lipinski definition) is 6. The van der Waals surface area contributed by atoms with Crippen LogP contribution >= 0.6 is 0 Å². The summed E-state index contributed by atoms with van der Waals surface area (Å²) in [5.74, 6) is 0.180. The van der Waals surface area contributed by atoms with E-state index in [-0.39, 0.29) is 12.2 Å². The first-order chi connectivity index (χ1) is 18.6. The van der Waals surface area contributed by atoms with E-state index < -0.39 is 23.7 Å². The molecule has 200 valence electrons. The molecule has 0 aliphatic heterocycles. The van der Waals surface area contributed by atoms with Crippen molar-refractivity contribution in [2.45, 2.75) is 56.3 Å². The van der Waals surface area contributed by atoms with Crippen LogP contribution in [0.5, 0.6) is 0 Å². The molecule has 10 heteroatoms. The van der Waals surface area contributed by atoms with E-state index >= 15 is 0 Å². The first-order valence-corrected chi connectivity index (χ1v) is 12.9. The molecule has 0 bridgehead atoms. The number of alkyl halides is 3. The summed E-state index contributed by atoms with van der Waals surface area (Å²) in [4.78, 5) is 9.87. The highest BCUT2D eigenvalue weighted by atomic mass is 19.4. The highest BCUT2D eigenvalue weighted by molar-refractivity contribution is 5.86. The average Bonchev–Trinajstić information content (AvgIpc) is 3.34. The zero-order chi connectivity index (χ0) is 27.4. The maximum atomic E-state index is 13.0. The van der Waals surface area contributed by atoms with Crippen molar-refractivity contribution in [2.75, 3.05) is 0 Å². The number of nitrogens with two attached hydrogens (primary N) is 1. The second kappa shape index (κ2) is 9.10. The number of aliphatic hydroxyl groups is 1. The fourth-order valence-electron chi connectivity index (χ4n) is 5.49. The van der Waals surface area contributed by atoms with E-state index in [0.29, 0.717) is 47.5 Å². The monoisotopic (exact) mass is 532 g/mol. The highest BCUT2D eigenvalue weighted by Crippen LogP contribution is 2.48. The van der Waals surface area contributed by atoms with Crippen LogP contribution in [0.4, 0.5) is 13.2 Å². The van der Waals surface area contributed by atoms with E-state index in [4.69, 9.17) is 15.7 Å². The van der Waals surface area contributed by atoms with Crippen molar-refractivity contribution in [3.63, 3.8) is 0 Å². The maximum absolute atomic E-state index is 13.0. The fraction of sp³-hybridized carbons (Fsp3) is 0.310. The van der Waals surface area contributed by atoms with E-state index in [0.717, 1.165) is 16.7 Å². The molecule has 6 rings (SSSR count). The van der Waals surface area contributed by atoms with Gasteiger partial charge in [-0.05, 0) is 37.0 Å². The van der Waals surface area contributed by atoms with Crippen LogP contribution < -0.4 is 5.73 Å². The molecule has 0 amide bonds. The van der Waals surface area contributed by atoms with Crippen LogP contribution in [0.25, 0.3) is 39.3 Å². The van der Waals surface area contributed by atoms with Crippen molar-refractivity contribution < 1.29 is 18.3 Å². The predicted molar refractivity (Wildman–Crippen MR) is 142 cm³/mol. The van der Waals surface area contributed by atoms with Crippen LogP contribution in [0.3, 0.4) is 0 Å². The quantitative estimate of drug-likeness (QED) is 0.296. The number of nitrogens with zero attached hydrogens (tertiary/aromatic N) is 5. The fourth-order valence-corrected chi connectivity index (χ4v) is 5.49. The molecular weight excluding hydrogens is 505 g/mol. The molecular formula is C29H27F3N6O. The topological polar surface area (TPSA) is 102 Å². The van der Waals surface area contributed by atoms with E-state index in [2.05, 4.69) is 10.2 Å². The van der Waals surface area contributed by atoms with Crippen LogP contribution in [-0.4, -0.2) is 41.4 Å². The number of hydrogen-bond donors (Lipinski definition) is 2. The molecule has 1 aliphatic carbocycles. The van der Waals surface area contributed by atoms with E-state index in [1.165, 1.54) is 0 Å². The van der Waals surface area contributed by atoms with Crippen molar-refractivity contribution in [2.24, 2.45) is 5.73 Å². The molecule has 0 radical (unpaired) electrons. The van der Waals surface area contributed by atoms with E-state index in [9.17, 15) is 18.3 Å². The molecule has 5 aromatic rings. The Morgan fingerprint density at radius 1 is 0.897 bits per heavy atom. The lowest BCUT2D eigenvalue weighted by Crippen LogP contribution is -2.59. The Kier molecular flexibility index (Phi) is 5.92. The summed E-state index contributed by atoms with van der Waals surface area (Å²) in [6.45, 7) is 1.96. The van der Waals surface area contributed by atoms with E-state index in [1.807, 2.05) is 61.5 Å². The van der Waals surface area contributed by atoms with Crippen LogP contribution in [-0.2, 0) is 12.0 Å². The summed E-state index contributed by atoms with van der Waals surface area (Å²) in [6, 6.07) is 20.8. The number of aromatic nitrogens is 5. The third-order valence-corrected chi connectivity index (χ3v) is 7.62. The number of halogens is 3. The average molecular weight is 533 g/mol. The molecule has 1 saturated carbocycles. The molecule has 3 aromatic heterocycles. The molecule has 3 heterocycles. The molecule has 0 atom stereocenters. The Labute approximate surface area is 222 Å². The van der Waals surface area contributed by atoms with Crippen LogP contribution in [0.15, 0.2) is 66.7 Å². The predicted octanol–water partition coefficient (Wildman–Crippen LogP) is 5.59. The lowest BCUT2D eigenvalue weighted by Gasteiger charge is -2.51. The molecule has 1 fully saturated rings. The summed E-state index contributed by atoms with van der Waals surface area (Å²) >= 11 is 0. The third kappa shape index (κ3) is 4.63. The maximum Gasteiger partial charge on any atom is 0.389 e. The Balaban J connectivity index is 1.47. The summed E-state index contributed by atoms with van der Waals surface area (Å²) in [6.07, 6.45) is -3.96. The van der Waals surface area contributed by atoms with Crippen molar-refractivity contribution in [3.8, 4) is 22.5 Å². The minimum absolute atomic E-state index is 0.180. The first kappa shape index (κ1) is 25.4. The lowest BCUT2D eigenvalue weighted by atomic mass is 9.61. The van der Waals surface area contributed by atoms with Gasteiger partial charge in [0.15, 0.2) is 11.3 Å². The van der Waals surface area contributed by atoms with Gasteiger partial charge in [0.25, 0.3) is 0 Å². The summed E-state index contributed by atoms with van der Waals surface area (Å²) in [5, 5.41) is 18.6. The van der Waals surface area contributed by atoms with Crippen molar-refractivity contribution in [1.82, 2.24) is 24.6 Å². The molecule has 2 aromatic carbocycles. The second-order valence-electron chi connectivity index (χ2n) is 10.4. The molecule has 0 saturated heterocycles. The summed E-state index contributed by atoms with van der Waals surface area (Å²) in [5.41, 5.74) is 10.4. The number of fused-ring (bicyclic) bond motifs is 3. The van der Waals surface area contributed by atoms with Gasteiger partial charge in [-0.1, -0.05) is 61.5 Å². The van der Waals surface area contributed by atoms with Crippen molar-refractivity contribution in [1.29, 1.82) is 0 Å². The molecule has 0 unspecified atom stereocenters. The molecule has 39 heavy (non-hydrogen) atoms. The third-order valence-electron chi connectivity index (χ3n) is 7.62. The van der Waals surface area contributed by atoms with Gasteiger partial charge >= 0.3 is 6.18 Å². The Morgan fingerprint density at radius 3 is 2.23 bits per heavy atom.